The van der Waals surface area contributed by atoms with Crippen molar-refractivity contribution in [3.8, 4) is 5.75 Å². The van der Waals surface area contributed by atoms with Crippen LogP contribution in [0.2, 0.25) is 0 Å². The van der Waals surface area contributed by atoms with E-state index in [1.807, 2.05) is 19.1 Å². The van der Waals surface area contributed by atoms with E-state index in [0.29, 0.717) is 5.69 Å². The van der Waals surface area contributed by atoms with Gasteiger partial charge in [0.1, 0.15) is 10.6 Å². The van der Waals surface area contributed by atoms with Gasteiger partial charge in [-0.15, -0.1) is 0 Å². The molecule has 7 heteroatoms. The van der Waals surface area contributed by atoms with E-state index in [4.69, 9.17) is 4.18 Å². The lowest BCUT2D eigenvalue weighted by Crippen LogP contribution is -2.21. The van der Waals surface area contributed by atoms with E-state index in [0.717, 1.165) is 5.56 Å². The van der Waals surface area contributed by atoms with Crippen LogP contribution in [0.1, 0.15) is 5.56 Å². The molecule has 0 aliphatic rings. The minimum atomic E-state index is -4.12. The van der Waals surface area contributed by atoms with Crippen molar-refractivity contribution in [3.05, 3.63) is 84.4 Å². The van der Waals surface area contributed by atoms with Crippen LogP contribution in [0.25, 0.3) is 0 Å². The Balaban J connectivity index is 1.81. The van der Waals surface area contributed by atoms with Crippen molar-refractivity contribution in [1.29, 1.82) is 0 Å². The number of para-hydroxylation sites is 2. The van der Waals surface area contributed by atoms with Gasteiger partial charge in [0, 0.05) is 5.69 Å². The molecule has 0 aliphatic carbocycles. The van der Waals surface area contributed by atoms with Gasteiger partial charge in [-0.1, -0.05) is 42.5 Å². The van der Waals surface area contributed by atoms with Crippen LogP contribution in [0.4, 0.5) is 16.2 Å². The Hall–Kier alpha value is -3.32. The van der Waals surface area contributed by atoms with Crippen LogP contribution in [0.3, 0.4) is 0 Å². The maximum absolute atomic E-state index is 12.7. The van der Waals surface area contributed by atoms with Crippen LogP contribution >= 0.6 is 0 Å². The van der Waals surface area contributed by atoms with Crippen LogP contribution in [0, 0.1) is 6.92 Å². The molecule has 2 N–H and O–H groups in total. The number of hydrogen-bond acceptors (Lipinski definition) is 4. The van der Waals surface area contributed by atoms with Crippen molar-refractivity contribution < 1.29 is 17.4 Å². The Kier molecular flexibility index (Phi) is 5.42. The molecule has 138 valence electrons. The van der Waals surface area contributed by atoms with Gasteiger partial charge in [-0.05, 0) is 48.9 Å². The van der Waals surface area contributed by atoms with Crippen molar-refractivity contribution in [3.63, 3.8) is 0 Å². The molecular formula is C20H18N2O4S. The normalized spacial score (nSPS) is 10.9. The molecule has 0 saturated heterocycles. The summed E-state index contributed by atoms with van der Waals surface area (Å²) in [5, 5.41) is 5.19. The number of anilines is 2. The molecule has 0 bridgehead atoms. The van der Waals surface area contributed by atoms with Crippen molar-refractivity contribution in [2.24, 2.45) is 0 Å². The second-order valence-electron chi connectivity index (χ2n) is 5.80. The zero-order chi connectivity index (χ0) is 19.3. The van der Waals surface area contributed by atoms with Crippen molar-refractivity contribution in [1.82, 2.24) is 0 Å². The highest BCUT2D eigenvalue weighted by Crippen LogP contribution is 2.25. The van der Waals surface area contributed by atoms with Crippen LogP contribution < -0.4 is 14.8 Å². The number of amides is 2. The van der Waals surface area contributed by atoms with E-state index in [2.05, 4.69) is 10.6 Å². The number of aryl methyl sites for hydroxylation is 1. The maximum Gasteiger partial charge on any atom is 0.341 e. The molecule has 6 nitrogen and oxygen atoms in total. The summed E-state index contributed by atoms with van der Waals surface area (Å²) in [5.41, 5.74) is 1.58. The zero-order valence-corrected chi connectivity index (χ0v) is 15.4. The van der Waals surface area contributed by atoms with Crippen molar-refractivity contribution >= 4 is 27.5 Å². The van der Waals surface area contributed by atoms with E-state index in [-0.39, 0.29) is 16.3 Å². The topological polar surface area (TPSA) is 84.5 Å². The predicted molar refractivity (Wildman–Crippen MR) is 105 cm³/mol. The lowest BCUT2D eigenvalue weighted by molar-refractivity contribution is 0.262. The lowest BCUT2D eigenvalue weighted by atomic mass is 10.2. The van der Waals surface area contributed by atoms with Gasteiger partial charge >= 0.3 is 16.1 Å². The molecule has 0 saturated carbocycles. The quantitative estimate of drug-likeness (QED) is 0.640. The molecule has 0 unspecified atom stereocenters. The standard InChI is InChI=1S/C20H18N2O4S/c1-15-8-7-11-17(14-15)26-27(24,25)19-13-6-5-12-18(19)22-20(23)21-16-9-3-2-4-10-16/h2-14H,1H3,(H2,21,22,23). The largest absolute Gasteiger partial charge is 0.379 e. The highest BCUT2D eigenvalue weighted by molar-refractivity contribution is 7.87. The number of rotatable bonds is 5. The fraction of sp³-hybridized carbons (Fsp3) is 0.0500. The third-order valence-corrected chi connectivity index (χ3v) is 4.94. The van der Waals surface area contributed by atoms with Crippen LogP contribution in [-0.2, 0) is 10.1 Å². The number of urea groups is 1. The minimum Gasteiger partial charge on any atom is -0.379 e. The molecule has 0 aromatic heterocycles. The summed E-state index contributed by atoms with van der Waals surface area (Å²) in [6.07, 6.45) is 0. The molecule has 0 heterocycles. The van der Waals surface area contributed by atoms with Gasteiger partial charge in [-0.2, -0.15) is 8.42 Å². The third-order valence-electron chi connectivity index (χ3n) is 3.63. The van der Waals surface area contributed by atoms with Crippen molar-refractivity contribution in [2.45, 2.75) is 11.8 Å². The summed E-state index contributed by atoms with van der Waals surface area (Å²) in [6, 6.07) is 21.1. The Bertz CT molecular complexity index is 1050. The fourth-order valence-electron chi connectivity index (χ4n) is 2.43. The summed E-state index contributed by atoms with van der Waals surface area (Å²) in [6.45, 7) is 1.84. The first-order valence-electron chi connectivity index (χ1n) is 8.17. The Labute approximate surface area is 157 Å². The Morgan fingerprint density at radius 1 is 0.852 bits per heavy atom. The molecule has 3 rings (SSSR count). The summed E-state index contributed by atoms with van der Waals surface area (Å²) in [7, 11) is -4.12. The van der Waals surface area contributed by atoms with Crippen LogP contribution in [0.5, 0.6) is 5.75 Å². The van der Waals surface area contributed by atoms with Crippen LogP contribution in [-0.4, -0.2) is 14.4 Å². The van der Waals surface area contributed by atoms with Crippen molar-refractivity contribution in [2.75, 3.05) is 10.6 Å². The average Bonchev–Trinajstić information content (AvgIpc) is 2.62. The highest BCUT2D eigenvalue weighted by Gasteiger charge is 2.22. The first kappa shape index (κ1) is 18.5. The van der Waals surface area contributed by atoms with E-state index in [9.17, 15) is 13.2 Å². The number of benzene rings is 3. The average molecular weight is 382 g/mol. The summed E-state index contributed by atoms with van der Waals surface area (Å²) < 4.78 is 30.6. The summed E-state index contributed by atoms with van der Waals surface area (Å²) in [5.74, 6) is 0.207. The molecule has 0 spiro atoms. The van der Waals surface area contributed by atoms with Crippen LogP contribution in [0.15, 0.2) is 83.8 Å². The van der Waals surface area contributed by atoms with Gasteiger partial charge in [0.15, 0.2) is 0 Å². The first-order chi connectivity index (χ1) is 12.9. The number of carbonyl (C=O) groups is 1. The lowest BCUT2D eigenvalue weighted by Gasteiger charge is -2.13. The smallest absolute Gasteiger partial charge is 0.341 e. The third kappa shape index (κ3) is 4.86. The van der Waals surface area contributed by atoms with Gasteiger partial charge < -0.3 is 14.8 Å². The summed E-state index contributed by atoms with van der Waals surface area (Å²) >= 11 is 0. The molecular weight excluding hydrogens is 364 g/mol. The van der Waals surface area contributed by atoms with Gasteiger partial charge in [-0.3, -0.25) is 0 Å². The second kappa shape index (κ2) is 7.92. The van der Waals surface area contributed by atoms with E-state index >= 15 is 0 Å². The molecule has 0 radical (unpaired) electrons. The molecule has 0 aliphatic heterocycles. The molecule has 3 aromatic carbocycles. The van der Waals surface area contributed by atoms with E-state index in [1.54, 1.807) is 54.6 Å². The number of nitrogens with one attached hydrogen (secondary N) is 2. The number of hydrogen-bond donors (Lipinski definition) is 2. The second-order valence-corrected chi connectivity index (χ2v) is 7.31. The Morgan fingerprint density at radius 3 is 2.30 bits per heavy atom. The van der Waals surface area contributed by atoms with Gasteiger partial charge in [-0.25, -0.2) is 4.79 Å². The predicted octanol–water partition coefficient (Wildman–Crippen LogP) is 4.41. The Morgan fingerprint density at radius 2 is 1.56 bits per heavy atom. The van der Waals surface area contributed by atoms with E-state index < -0.39 is 16.1 Å². The molecule has 0 atom stereocenters. The van der Waals surface area contributed by atoms with Gasteiger partial charge in [0.2, 0.25) is 0 Å². The van der Waals surface area contributed by atoms with Gasteiger partial charge in [0.05, 0.1) is 5.69 Å². The molecule has 0 fully saturated rings. The number of carbonyl (C=O) groups excluding carboxylic acids is 1. The SMILES string of the molecule is Cc1cccc(OS(=O)(=O)c2ccccc2NC(=O)Nc2ccccc2)c1. The minimum absolute atomic E-state index is 0.124. The molecule has 27 heavy (non-hydrogen) atoms. The molecule has 3 aromatic rings. The molecule has 2 amide bonds. The van der Waals surface area contributed by atoms with E-state index in [1.165, 1.54) is 12.1 Å². The van der Waals surface area contributed by atoms with Gasteiger partial charge in [0.25, 0.3) is 0 Å². The monoisotopic (exact) mass is 382 g/mol. The highest BCUT2D eigenvalue weighted by atomic mass is 32.2. The zero-order valence-electron chi connectivity index (χ0n) is 14.5. The maximum atomic E-state index is 12.7. The summed E-state index contributed by atoms with van der Waals surface area (Å²) in [4.78, 5) is 12.1. The fourth-order valence-corrected chi connectivity index (χ4v) is 3.51. The first-order valence-corrected chi connectivity index (χ1v) is 9.58.